The van der Waals surface area contributed by atoms with E-state index < -0.39 is 0 Å². The normalized spacial score (nSPS) is 10.7. The minimum Gasteiger partial charge on any atom is -0.465 e. The van der Waals surface area contributed by atoms with Gasteiger partial charge in [0.25, 0.3) is 11.8 Å². The van der Waals surface area contributed by atoms with Crippen molar-refractivity contribution in [2.75, 3.05) is 18.9 Å². The van der Waals surface area contributed by atoms with Crippen LogP contribution < -0.4 is 10.6 Å². The lowest BCUT2D eigenvalue weighted by Crippen LogP contribution is -2.33. The second-order valence-electron chi connectivity index (χ2n) is 8.20. The molecule has 180 valence electrons. The Bertz CT molecular complexity index is 1310. The van der Waals surface area contributed by atoms with Crippen LogP contribution in [0.4, 0.5) is 10.5 Å². The van der Waals surface area contributed by atoms with E-state index in [1.165, 1.54) is 0 Å². The van der Waals surface area contributed by atoms with Gasteiger partial charge in [0, 0.05) is 36.8 Å². The fraction of sp³-hybridized carbons (Fsp3) is 0.231. The van der Waals surface area contributed by atoms with Crippen LogP contribution in [0, 0.1) is 13.8 Å². The van der Waals surface area contributed by atoms with E-state index in [9.17, 15) is 9.59 Å². The van der Waals surface area contributed by atoms with Crippen LogP contribution in [0.2, 0.25) is 0 Å². The molecule has 9 nitrogen and oxygen atoms in total. The van der Waals surface area contributed by atoms with E-state index in [1.807, 2.05) is 50.2 Å². The van der Waals surface area contributed by atoms with Gasteiger partial charge in [-0.05, 0) is 61.9 Å². The van der Waals surface area contributed by atoms with E-state index in [1.54, 1.807) is 36.2 Å². The van der Waals surface area contributed by atoms with Crippen LogP contribution >= 0.6 is 0 Å². The fourth-order valence-corrected chi connectivity index (χ4v) is 3.38. The molecule has 3 amide bonds. The number of aryl methyl sites for hydroxylation is 2. The summed E-state index contributed by atoms with van der Waals surface area (Å²) in [6.07, 6.45) is 0.438. The predicted molar refractivity (Wildman–Crippen MR) is 131 cm³/mol. The van der Waals surface area contributed by atoms with Crippen molar-refractivity contribution in [3.8, 4) is 11.5 Å². The number of aromatic nitrogens is 2. The van der Waals surface area contributed by atoms with Crippen LogP contribution in [0.25, 0.3) is 11.5 Å². The molecule has 0 spiro atoms. The second kappa shape index (κ2) is 10.7. The zero-order valence-corrected chi connectivity index (χ0v) is 19.9. The Kier molecular flexibility index (Phi) is 7.25. The van der Waals surface area contributed by atoms with E-state index in [-0.39, 0.29) is 11.9 Å². The largest absolute Gasteiger partial charge is 0.465 e. The van der Waals surface area contributed by atoms with Gasteiger partial charge in [-0.15, -0.1) is 0 Å². The summed E-state index contributed by atoms with van der Waals surface area (Å²) in [7, 11) is 1.71. The molecule has 0 bridgehead atoms. The number of para-hydroxylation sites is 1. The number of amides is 3. The molecule has 2 aromatic carbocycles. The average Bonchev–Trinajstić information content (AvgIpc) is 3.51. The Morgan fingerprint density at radius 1 is 1.00 bits per heavy atom. The number of hydrogen-bond acceptors (Lipinski definition) is 6. The Morgan fingerprint density at radius 2 is 1.77 bits per heavy atom. The summed E-state index contributed by atoms with van der Waals surface area (Å²) >= 11 is 0. The van der Waals surface area contributed by atoms with Crippen LogP contribution in [0.5, 0.6) is 0 Å². The van der Waals surface area contributed by atoms with Gasteiger partial charge in [0.1, 0.15) is 11.5 Å². The molecule has 0 radical (unpaired) electrons. The van der Waals surface area contributed by atoms with E-state index >= 15 is 0 Å². The summed E-state index contributed by atoms with van der Waals surface area (Å²) in [5.74, 6) is 2.14. The molecule has 2 N–H and O–H groups in total. The number of benzene rings is 2. The van der Waals surface area contributed by atoms with Crippen molar-refractivity contribution in [2.45, 2.75) is 26.8 Å². The number of rotatable bonds is 8. The average molecular weight is 474 g/mol. The van der Waals surface area contributed by atoms with Crippen molar-refractivity contribution >= 4 is 17.6 Å². The highest BCUT2D eigenvalue weighted by Crippen LogP contribution is 2.19. The monoisotopic (exact) mass is 473 g/mol. The van der Waals surface area contributed by atoms with E-state index in [2.05, 4.69) is 20.8 Å². The van der Waals surface area contributed by atoms with E-state index in [0.717, 1.165) is 17.0 Å². The van der Waals surface area contributed by atoms with Crippen LogP contribution in [-0.2, 0) is 13.0 Å². The zero-order chi connectivity index (χ0) is 24.8. The number of nitrogens with zero attached hydrogens (tertiary/aromatic N) is 3. The van der Waals surface area contributed by atoms with Gasteiger partial charge in [-0.2, -0.15) is 4.98 Å². The molecular weight excluding hydrogens is 446 g/mol. The van der Waals surface area contributed by atoms with Crippen LogP contribution in [0.15, 0.2) is 69.6 Å². The third-order valence-corrected chi connectivity index (χ3v) is 5.49. The summed E-state index contributed by atoms with van der Waals surface area (Å²) in [5.41, 5.74) is 2.98. The molecule has 0 atom stereocenters. The Hall–Kier alpha value is -4.40. The maximum absolute atomic E-state index is 12.4. The number of carbonyl (C=O) groups is 2. The van der Waals surface area contributed by atoms with Gasteiger partial charge in [0.05, 0.1) is 6.54 Å². The Morgan fingerprint density at radius 3 is 2.49 bits per heavy atom. The smallest absolute Gasteiger partial charge is 0.321 e. The van der Waals surface area contributed by atoms with E-state index in [0.29, 0.717) is 48.1 Å². The van der Waals surface area contributed by atoms with Gasteiger partial charge in [-0.3, -0.25) is 4.79 Å². The first kappa shape index (κ1) is 23.7. The minimum absolute atomic E-state index is 0.205. The molecular formula is C26H27N5O4. The number of furan rings is 1. The number of likely N-dealkylation sites (N-methyl/N-ethyl adjacent to an activating group) is 1. The summed E-state index contributed by atoms with van der Waals surface area (Å²) in [6.45, 7) is 4.54. The fourth-order valence-electron chi connectivity index (χ4n) is 3.38. The molecule has 0 saturated heterocycles. The molecule has 4 rings (SSSR count). The molecule has 0 saturated carbocycles. The van der Waals surface area contributed by atoms with Gasteiger partial charge in [-0.25, -0.2) is 4.79 Å². The third kappa shape index (κ3) is 6.14. The highest BCUT2D eigenvalue weighted by atomic mass is 16.5. The van der Waals surface area contributed by atoms with Crippen molar-refractivity contribution in [1.82, 2.24) is 20.4 Å². The maximum atomic E-state index is 12.4. The van der Waals surface area contributed by atoms with Crippen LogP contribution in [-0.4, -0.2) is 40.6 Å². The first-order chi connectivity index (χ1) is 16.9. The molecule has 0 aliphatic rings. The van der Waals surface area contributed by atoms with Gasteiger partial charge in [0.15, 0.2) is 5.82 Å². The molecule has 35 heavy (non-hydrogen) atoms. The lowest BCUT2D eigenvalue weighted by atomic mass is 10.1. The lowest BCUT2D eigenvalue weighted by molar-refractivity contribution is 0.0948. The topological polar surface area (TPSA) is 114 Å². The van der Waals surface area contributed by atoms with Gasteiger partial charge in [0.2, 0.25) is 0 Å². The van der Waals surface area contributed by atoms with Crippen molar-refractivity contribution in [1.29, 1.82) is 0 Å². The first-order valence-electron chi connectivity index (χ1n) is 11.2. The van der Waals surface area contributed by atoms with Crippen molar-refractivity contribution in [3.63, 3.8) is 0 Å². The summed E-state index contributed by atoms with van der Waals surface area (Å²) in [4.78, 5) is 30.8. The standard InChI is InChI=1S/C26H27N5O4/c1-17-6-4-5-7-22(17)28-26(33)31(3)15-14-23-29-25(35-30-23)20-11-9-19(10-12-20)24(32)27-16-21-13-8-18(2)34-21/h4-13H,14-16H2,1-3H3,(H,27,32)(H,28,33). The van der Waals surface area contributed by atoms with Crippen molar-refractivity contribution in [3.05, 3.63) is 89.1 Å². The zero-order valence-electron chi connectivity index (χ0n) is 19.9. The van der Waals surface area contributed by atoms with E-state index in [4.69, 9.17) is 8.94 Å². The number of nitrogens with one attached hydrogen (secondary N) is 2. The van der Waals surface area contributed by atoms with Gasteiger partial charge in [-0.1, -0.05) is 23.4 Å². The molecule has 0 aliphatic carbocycles. The SMILES string of the molecule is Cc1ccc(CNC(=O)c2ccc(-c3nc(CCN(C)C(=O)Nc4ccccc4C)no3)cc2)o1. The Balaban J connectivity index is 1.29. The molecule has 4 aromatic rings. The molecule has 0 fully saturated rings. The highest BCUT2D eigenvalue weighted by molar-refractivity contribution is 5.94. The molecule has 2 aromatic heterocycles. The molecule has 0 unspecified atom stereocenters. The van der Waals surface area contributed by atoms with Crippen molar-refractivity contribution in [2.24, 2.45) is 0 Å². The minimum atomic E-state index is -0.209. The van der Waals surface area contributed by atoms with Gasteiger partial charge < -0.3 is 24.5 Å². The van der Waals surface area contributed by atoms with Crippen LogP contribution in [0.1, 0.15) is 33.3 Å². The molecule has 9 heteroatoms. The third-order valence-electron chi connectivity index (χ3n) is 5.49. The second-order valence-corrected chi connectivity index (χ2v) is 8.20. The number of anilines is 1. The summed E-state index contributed by atoms with van der Waals surface area (Å²) in [5, 5.41) is 9.73. The lowest BCUT2D eigenvalue weighted by Gasteiger charge is -2.18. The summed E-state index contributed by atoms with van der Waals surface area (Å²) < 4.78 is 10.8. The highest BCUT2D eigenvalue weighted by Gasteiger charge is 2.14. The summed E-state index contributed by atoms with van der Waals surface area (Å²) in [6, 6.07) is 18.0. The first-order valence-corrected chi connectivity index (χ1v) is 11.2. The Labute approximate surface area is 203 Å². The molecule has 2 heterocycles. The maximum Gasteiger partial charge on any atom is 0.321 e. The number of hydrogen-bond donors (Lipinski definition) is 2. The molecule has 0 aliphatic heterocycles. The number of urea groups is 1. The quantitative estimate of drug-likeness (QED) is 0.387. The van der Waals surface area contributed by atoms with Crippen LogP contribution in [0.3, 0.4) is 0 Å². The van der Waals surface area contributed by atoms with Crippen molar-refractivity contribution < 1.29 is 18.5 Å². The predicted octanol–water partition coefficient (Wildman–Crippen LogP) is 4.58. The number of carbonyl (C=O) groups excluding carboxylic acids is 2. The van der Waals surface area contributed by atoms with Gasteiger partial charge >= 0.3 is 6.03 Å².